The Morgan fingerprint density at radius 3 is 2.73 bits per heavy atom. The Bertz CT molecular complexity index is 627. The minimum atomic E-state index is 0.219. The first-order chi connectivity index (χ1) is 10.7. The van der Waals surface area contributed by atoms with E-state index < -0.39 is 0 Å². The van der Waals surface area contributed by atoms with Gasteiger partial charge in [0.2, 0.25) is 5.91 Å². The number of hydrogen-bond donors (Lipinski definition) is 1. The molecule has 2 aromatic rings. The highest BCUT2D eigenvalue weighted by Crippen LogP contribution is 2.24. The molecule has 1 N–H and O–H groups in total. The van der Waals surface area contributed by atoms with Crippen LogP contribution in [-0.2, 0) is 11.2 Å². The van der Waals surface area contributed by atoms with Crippen LogP contribution in [0.15, 0.2) is 36.5 Å². The zero-order valence-electron chi connectivity index (χ0n) is 13.1. The molecule has 0 aliphatic heterocycles. The van der Waals surface area contributed by atoms with Crippen molar-refractivity contribution in [3.8, 4) is 5.69 Å². The second-order valence-electron chi connectivity index (χ2n) is 6.01. The Balaban J connectivity index is 1.56. The van der Waals surface area contributed by atoms with Gasteiger partial charge in [0, 0.05) is 30.8 Å². The Labute approximate surface area is 131 Å². The quantitative estimate of drug-likeness (QED) is 0.922. The van der Waals surface area contributed by atoms with E-state index in [1.54, 1.807) is 0 Å². The van der Waals surface area contributed by atoms with Crippen LogP contribution >= 0.6 is 0 Å². The molecule has 0 unspecified atom stereocenters. The number of benzene rings is 1. The fraction of sp³-hybridized carbons (Fsp3) is 0.444. The number of carbonyl (C=O) groups is 1. The maximum Gasteiger partial charge on any atom is 0.223 e. The van der Waals surface area contributed by atoms with Crippen molar-refractivity contribution in [2.24, 2.45) is 5.92 Å². The molecule has 1 fully saturated rings. The normalized spacial score (nSPS) is 15.1. The standard InChI is InChI=1S/C18H23N3O/c1-14-20-16(13-21(14)17-9-3-2-4-10-17)11-12-19-18(22)15-7-5-6-8-15/h2-4,9-10,13,15H,5-8,11-12H2,1H3,(H,19,22). The smallest absolute Gasteiger partial charge is 0.223 e. The van der Waals surface area contributed by atoms with Gasteiger partial charge in [-0.2, -0.15) is 0 Å². The fourth-order valence-electron chi connectivity index (χ4n) is 3.15. The average molecular weight is 297 g/mol. The van der Waals surface area contributed by atoms with Crippen molar-refractivity contribution >= 4 is 5.91 Å². The molecule has 1 amide bonds. The number of nitrogens with one attached hydrogen (secondary N) is 1. The summed E-state index contributed by atoms with van der Waals surface area (Å²) in [6.07, 6.45) is 7.32. The van der Waals surface area contributed by atoms with Crippen LogP contribution in [0, 0.1) is 12.8 Å². The van der Waals surface area contributed by atoms with Gasteiger partial charge >= 0.3 is 0 Å². The van der Waals surface area contributed by atoms with E-state index in [-0.39, 0.29) is 11.8 Å². The summed E-state index contributed by atoms with van der Waals surface area (Å²) < 4.78 is 2.09. The third-order valence-corrected chi connectivity index (χ3v) is 4.37. The van der Waals surface area contributed by atoms with Crippen molar-refractivity contribution in [1.29, 1.82) is 0 Å². The Kier molecular flexibility index (Phi) is 4.56. The molecule has 4 nitrogen and oxygen atoms in total. The van der Waals surface area contributed by atoms with Gasteiger partial charge in [0.1, 0.15) is 5.82 Å². The van der Waals surface area contributed by atoms with Crippen LogP contribution in [0.25, 0.3) is 5.69 Å². The predicted octanol–water partition coefficient (Wildman–Crippen LogP) is 3.03. The molecular weight excluding hydrogens is 274 g/mol. The van der Waals surface area contributed by atoms with Crippen LogP contribution in [0.1, 0.15) is 37.2 Å². The number of rotatable bonds is 5. The molecule has 0 bridgehead atoms. The number of imidazole rings is 1. The zero-order chi connectivity index (χ0) is 15.4. The van der Waals surface area contributed by atoms with Gasteiger partial charge in [0.15, 0.2) is 0 Å². The number of hydrogen-bond acceptors (Lipinski definition) is 2. The van der Waals surface area contributed by atoms with Gasteiger partial charge in [0.05, 0.1) is 5.69 Å². The third kappa shape index (κ3) is 3.38. The number of aryl methyl sites for hydroxylation is 1. The molecule has 1 saturated carbocycles. The van der Waals surface area contributed by atoms with Gasteiger partial charge in [-0.05, 0) is 31.9 Å². The van der Waals surface area contributed by atoms with Gasteiger partial charge < -0.3 is 9.88 Å². The average Bonchev–Trinajstić information content (AvgIpc) is 3.18. The largest absolute Gasteiger partial charge is 0.355 e. The van der Waals surface area contributed by atoms with E-state index in [0.717, 1.165) is 36.5 Å². The zero-order valence-corrected chi connectivity index (χ0v) is 13.1. The highest BCUT2D eigenvalue weighted by atomic mass is 16.1. The van der Waals surface area contributed by atoms with Crippen molar-refractivity contribution in [3.05, 3.63) is 48.0 Å². The second kappa shape index (κ2) is 6.77. The lowest BCUT2D eigenvalue weighted by molar-refractivity contribution is -0.124. The molecular formula is C18H23N3O. The molecule has 1 aliphatic rings. The predicted molar refractivity (Wildman–Crippen MR) is 87.0 cm³/mol. The molecule has 0 saturated heterocycles. The van der Waals surface area contributed by atoms with Crippen LogP contribution in [0.3, 0.4) is 0 Å². The minimum Gasteiger partial charge on any atom is -0.355 e. The van der Waals surface area contributed by atoms with Gasteiger partial charge in [-0.15, -0.1) is 0 Å². The molecule has 1 aromatic carbocycles. The van der Waals surface area contributed by atoms with Crippen molar-refractivity contribution in [3.63, 3.8) is 0 Å². The van der Waals surface area contributed by atoms with Gasteiger partial charge in [0.25, 0.3) is 0 Å². The summed E-state index contributed by atoms with van der Waals surface area (Å²) in [6.45, 7) is 2.67. The van der Waals surface area contributed by atoms with Crippen molar-refractivity contribution in [2.45, 2.75) is 39.0 Å². The Morgan fingerprint density at radius 1 is 1.27 bits per heavy atom. The molecule has 0 spiro atoms. The van der Waals surface area contributed by atoms with E-state index in [0.29, 0.717) is 6.54 Å². The first-order valence-corrected chi connectivity index (χ1v) is 8.12. The number of para-hydroxylation sites is 1. The maximum atomic E-state index is 12.0. The molecule has 116 valence electrons. The monoisotopic (exact) mass is 297 g/mol. The topological polar surface area (TPSA) is 46.9 Å². The second-order valence-corrected chi connectivity index (χ2v) is 6.01. The highest BCUT2D eigenvalue weighted by Gasteiger charge is 2.22. The van der Waals surface area contributed by atoms with E-state index in [9.17, 15) is 4.79 Å². The number of nitrogens with zero attached hydrogens (tertiary/aromatic N) is 2. The molecule has 1 aromatic heterocycles. The van der Waals surface area contributed by atoms with Crippen LogP contribution in [-0.4, -0.2) is 22.0 Å². The van der Waals surface area contributed by atoms with E-state index in [4.69, 9.17) is 0 Å². The van der Waals surface area contributed by atoms with Crippen LogP contribution in [0.2, 0.25) is 0 Å². The summed E-state index contributed by atoms with van der Waals surface area (Å²) in [5.74, 6) is 1.43. The Morgan fingerprint density at radius 2 is 2.00 bits per heavy atom. The lowest BCUT2D eigenvalue weighted by atomic mass is 10.1. The van der Waals surface area contributed by atoms with E-state index in [1.807, 2.05) is 25.1 Å². The lowest BCUT2D eigenvalue weighted by Crippen LogP contribution is -2.30. The van der Waals surface area contributed by atoms with Crippen LogP contribution in [0.4, 0.5) is 0 Å². The molecule has 4 heteroatoms. The highest BCUT2D eigenvalue weighted by molar-refractivity contribution is 5.78. The molecule has 22 heavy (non-hydrogen) atoms. The number of amides is 1. The van der Waals surface area contributed by atoms with E-state index in [2.05, 4.69) is 33.2 Å². The van der Waals surface area contributed by atoms with E-state index >= 15 is 0 Å². The van der Waals surface area contributed by atoms with Crippen LogP contribution < -0.4 is 5.32 Å². The molecule has 0 atom stereocenters. The van der Waals surface area contributed by atoms with Gasteiger partial charge in [-0.25, -0.2) is 4.98 Å². The third-order valence-electron chi connectivity index (χ3n) is 4.37. The molecule has 1 aliphatic carbocycles. The van der Waals surface area contributed by atoms with Crippen LogP contribution in [0.5, 0.6) is 0 Å². The number of carbonyl (C=O) groups excluding carboxylic acids is 1. The SMILES string of the molecule is Cc1nc(CCNC(=O)C2CCCC2)cn1-c1ccccc1. The molecule has 1 heterocycles. The summed E-state index contributed by atoms with van der Waals surface area (Å²) in [6, 6.07) is 10.2. The molecule has 3 rings (SSSR count). The summed E-state index contributed by atoms with van der Waals surface area (Å²) in [7, 11) is 0. The first-order valence-electron chi connectivity index (χ1n) is 8.12. The maximum absolute atomic E-state index is 12.0. The van der Waals surface area contributed by atoms with E-state index in [1.165, 1.54) is 12.8 Å². The minimum absolute atomic E-state index is 0.219. The van der Waals surface area contributed by atoms with Crippen molar-refractivity contribution < 1.29 is 4.79 Å². The summed E-state index contributed by atoms with van der Waals surface area (Å²) in [5.41, 5.74) is 2.14. The van der Waals surface area contributed by atoms with Gasteiger partial charge in [-0.1, -0.05) is 31.0 Å². The first kappa shape index (κ1) is 14.8. The number of aromatic nitrogens is 2. The summed E-state index contributed by atoms with van der Waals surface area (Å²) >= 11 is 0. The molecule has 0 radical (unpaired) electrons. The Hall–Kier alpha value is -2.10. The summed E-state index contributed by atoms with van der Waals surface area (Å²) in [4.78, 5) is 16.6. The van der Waals surface area contributed by atoms with Crippen molar-refractivity contribution in [1.82, 2.24) is 14.9 Å². The summed E-state index contributed by atoms with van der Waals surface area (Å²) in [5, 5.41) is 3.05. The van der Waals surface area contributed by atoms with Crippen molar-refractivity contribution in [2.75, 3.05) is 6.54 Å². The fourth-order valence-corrected chi connectivity index (χ4v) is 3.15. The lowest BCUT2D eigenvalue weighted by Gasteiger charge is -2.09. The van der Waals surface area contributed by atoms with Gasteiger partial charge in [-0.3, -0.25) is 4.79 Å².